The summed E-state index contributed by atoms with van der Waals surface area (Å²) in [7, 11) is 0. The quantitative estimate of drug-likeness (QED) is 0.846. The topological polar surface area (TPSA) is 65.5 Å². The van der Waals surface area contributed by atoms with E-state index in [1.807, 2.05) is 6.07 Å². The van der Waals surface area contributed by atoms with Gasteiger partial charge in [-0.15, -0.1) is 0 Å². The fourth-order valence-corrected chi connectivity index (χ4v) is 2.54. The van der Waals surface area contributed by atoms with Crippen LogP contribution in [-0.2, 0) is 0 Å². The van der Waals surface area contributed by atoms with Crippen molar-refractivity contribution in [3.05, 3.63) is 23.9 Å². The van der Waals surface area contributed by atoms with E-state index < -0.39 is 0 Å². The lowest BCUT2D eigenvalue weighted by Crippen LogP contribution is -2.33. The van der Waals surface area contributed by atoms with Crippen molar-refractivity contribution >= 4 is 11.7 Å². The lowest BCUT2D eigenvalue weighted by molar-refractivity contribution is 0.0951. The molecule has 1 atom stereocenters. The van der Waals surface area contributed by atoms with Gasteiger partial charge in [-0.1, -0.05) is 0 Å². The van der Waals surface area contributed by atoms with E-state index in [1.165, 1.54) is 0 Å². The third-order valence-corrected chi connectivity index (χ3v) is 3.80. The monoisotopic (exact) mass is 261 g/mol. The number of rotatable bonds is 4. The number of nitrogens with one attached hydrogen (secondary N) is 1. The zero-order valence-corrected chi connectivity index (χ0v) is 10.9. The predicted octanol–water partition coefficient (Wildman–Crippen LogP) is 0.935. The Morgan fingerprint density at radius 1 is 1.47 bits per heavy atom. The Morgan fingerprint density at radius 3 is 3.05 bits per heavy atom. The molecular weight excluding hydrogens is 242 g/mol. The summed E-state index contributed by atoms with van der Waals surface area (Å²) < 4.78 is 0. The van der Waals surface area contributed by atoms with Gasteiger partial charge in [-0.2, -0.15) is 0 Å². The zero-order valence-electron chi connectivity index (χ0n) is 10.9. The van der Waals surface area contributed by atoms with Gasteiger partial charge in [-0.05, 0) is 37.8 Å². The average Bonchev–Trinajstić information content (AvgIpc) is 3.12. The summed E-state index contributed by atoms with van der Waals surface area (Å²) in [4.78, 5) is 18.4. The minimum Gasteiger partial charge on any atom is -0.394 e. The van der Waals surface area contributed by atoms with Crippen LogP contribution in [0.15, 0.2) is 18.3 Å². The van der Waals surface area contributed by atoms with Crippen molar-refractivity contribution in [1.82, 2.24) is 10.3 Å². The molecule has 3 rings (SSSR count). The van der Waals surface area contributed by atoms with Gasteiger partial charge in [-0.25, -0.2) is 4.98 Å². The standard InChI is InChI=1S/C14H19N3O2/c18-9-12-2-1-7-17(12)13-8-10(5-6-15-13)14(19)16-11-3-4-11/h5-6,8,11-12,18H,1-4,7,9H2,(H,16,19). The zero-order chi connectivity index (χ0) is 13.2. The van der Waals surface area contributed by atoms with E-state index in [-0.39, 0.29) is 18.6 Å². The molecule has 2 heterocycles. The maximum atomic E-state index is 12.0. The normalized spacial score (nSPS) is 22.6. The van der Waals surface area contributed by atoms with E-state index >= 15 is 0 Å². The smallest absolute Gasteiger partial charge is 0.251 e. The van der Waals surface area contributed by atoms with Crippen molar-refractivity contribution in [2.75, 3.05) is 18.1 Å². The van der Waals surface area contributed by atoms with Crippen LogP contribution in [0.1, 0.15) is 36.0 Å². The Balaban J connectivity index is 1.76. The van der Waals surface area contributed by atoms with Gasteiger partial charge in [0, 0.05) is 24.3 Å². The van der Waals surface area contributed by atoms with Crippen molar-refractivity contribution in [3.63, 3.8) is 0 Å². The lowest BCUT2D eigenvalue weighted by atomic mass is 10.2. The molecule has 0 aromatic carbocycles. The molecule has 0 bridgehead atoms. The summed E-state index contributed by atoms with van der Waals surface area (Å²) in [6.45, 7) is 1.03. The molecule has 2 fully saturated rings. The lowest BCUT2D eigenvalue weighted by Gasteiger charge is -2.24. The van der Waals surface area contributed by atoms with Crippen LogP contribution in [0, 0.1) is 0 Å². The van der Waals surface area contributed by atoms with Crippen molar-refractivity contribution in [2.45, 2.75) is 37.8 Å². The van der Waals surface area contributed by atoms with E-state index in [0.717, 1.165) is 38.0 Å². The number of carbonyl (C=O) groups excluding carboxylic acids is 1. The van der Waals surface area contributed by atoms with E-state index in [0.29, 0.717) is 11.6 Å². The highest BCUT2D eigenvalue weighted by molar-refractivity contribution is 5.95. The van der Waals surface area contributed by atoms with Gasteiger partial charge in [0.25, 0.3) is 5.91 Å². The molecule has 1 saturated heterocycles. The molecule has 102 valence electrons. The third-order valence-electron chi connectivity index (χ3n) is 3.80. The van der Waals surface area contributed by atoms with Crippen LogP contribution in [0.2, 0.25) is 0 Å². The molecule has 2 N–H and O–H groups in total. The Bertz CT molecular complexity index is 474. The van der Waals surface area contributed by atoms with Gasteiger partial charge < -0.3 is 15.3 Å². The number of pyridine rings is 1. The first-order valence-electron chi connectivity index (χ1n) is 6.92. The molecule has 1 aliphatic carbocycles. The highest BCUT2D eigenvalue weighted by Crippen LogP contribution is 2.24. The molecule has 0 radical (unpaired) electrons. The molecule has 1 aromatic heterocycles. The molecule has 1 aliphatic heterocycles. The van der Waals surface area contributed by atoms with Gasteiger partial charge in [0.1, 0.15) is 5.82 Å². The van der Waals surface area contributed by atoms with Crippen molar-refractivity contribution in [1.29, 1.82) is 0 Å². The Hall–Kier alpha value is -1.62. The average molecular weight is 261 g/mol. The highest BCUT2D eigenvalue weighted by Gasteiger charge is 2.27. The summed E-state index contributed by atoms with van der Waals surface area (Å²) in [5, 5.41) is 12.3. The van der Waals surface area contributed by atoms with Gasteiger partial charge in [0.15, 0.2) is 0 Å². The molecule has 5 heteroatoms. The summed E-state index contributed by atoms with van der Waals surface area (Å²) in [5.41, 5.74) is 0.653. The second-order valence-electron chi connectivity index (χ2n) is 5.32. The van der Waals surface area contributed by atoms with Crippen LogP contribution in [0.4, 0.5) is 5.82 Å². The second-order valence-corrected chi connectivity index (χ2v) is 5.32. The number of amides is 1. The maximum absolute atomic E-state index is 12.0. The van der Waals surface area contributed by atoms with E-state index in [2.05, 4.69) is 15.2 Å². The van der Waals surface area contributed by atoms with Crippen molar-refractivity contribution < 1.29 is 9.90 Å². The second kappa shape index (κ2) is 5.17. The molecule has 5 nitrogen and oxygen atoms in total. The number of hydrogen-bond acceptors (Lipinski definition) is 4. The molecule has 1 unspecified atom stereocenters. The first kappa shape index (κ1) is 12.4. The van der Waals surface area contributed by atoms with Crippen molar-refractivity contribution in [2.24, 2.45) is 0 Å². The third kappa shape index (κ3) is 2.71. The first-order chi connectivity index (χ1) is 9.28. The van der Waals surface area contributed by atoms with E-state index in [9.17, 15) is 9.90 Å². The van der Waals surface area contributed by atoms with Crippen LogP contribution in [0.5, 0.6) is 0 Å². The minimum absolute atomic E-state index is 0.0223. The predicted molar refractivity (Wildman–Crippen MR) is 72.2 cm³/mol. The Kier molecular flexibility index (Phi) is 3.38. The largest absolute Gasteiger partial charge is 0.394 e. The van der Waals surface area contributed by atoms with Crippen LogP contribution in [-0.4, -0.2) is 41.2 Å². The van der Waals surface area contributed by atoms with Crippen LogP contribution in [0.25, 0.3) is 0 Å². The van der Waals surface area contributed by atoms with Crippen LogP contribution < -0.4 is 10.2 Å². The maximum Gasteiger partial charge on any atom is 0.251 e. The molecule has 0 spiro atoms. The number of hydrogen-bond donors (Lipinski definition) is 2. The number of aliphatic hydroxyl groups excluding tert-OH is 1. The number of anilines is 1. The highest BCUT2D eigenvalue weighted by atomic mass is 16.3. The fraction of sp³-hybridized carbons (Fsp3) is 0.571. The summed E-state index contributed by atoms with van der Waals surface area (Å²) in [6.07, 6.45) is 5.89. The molecule has 2 aliphatic rings. The van der Waals surface area contributed by atoms with Gasteiger partial charge in [0.05, 0.1) is 12.6 Å². The van der Waals surface area contributed by atoms with E-state index in [1.54, 1.807) is 12.3 Å². The number of aromatic nitrogens is 1. The number of carbonyl (C=O) groups is 1. The van der Waals surface area contributed by atoms with Crippen LogP contribution >= 0.6 is 0 Å². The fourth-order valence-electron chi connectivity index (χ4n) is 2.54. The minimum atomic E-state index is -0.0223. The Morgan fingerprint density at radius 2 is 2.32 bits per heavy atom. The number of nitrogens with zero attached hydrogens (tertiary/aromatic N) is 2. The molecular formula is C14H19N3O2. The van der Waals surface area contributed by atoms with Gasteiger partial charge >= 0.3 is 0 Å². The summed E-state index contributed by atoms with van der Waals surface area (Å²) in [5.74, 6) is 0.769. The van der Waals surface area contributed by atoms with Gasteiger partial charge in [0.2, 0.25) is 0 Å². The Labute approximate surface area is 112 Å². The molecule has 1 aromatic rings. The first-order valence-corrected chi connectivity index (χ1v) is 6.92. The van der Waals surface area contributed by atoms with Crippen molar-refractivity contribution in [3.8, 4) is 0 Å². The molecule has 1 amide bonds. The molecule has 19 heavy (non-hydrogen) atoms. The SMILES string of the molecule is O=C(NC1CC1)c1ccnc(N2CCCC2CO)c1. The number of aliphatic hydroxyl groups is 1. The van der Waals surface area contributed by atoms with Crippen LogP contribution in [0.3, 0.4) is 0 Å². The summed E-state index contributed by atoms with van der Waals surface area (Å²) in [6, 6.07) is 4.06. The summed E-state index contributed by atoms with van der Waals surface area (Å²) >= 11 is 0. The molecule has 1 saturated carbocycles. The van der Waals surface area contributed by atoms with E-state index in [4.69, 9.17) is 0 Å². The van der Waals surface area contributed by atoms with Gasteiger partial charge in [-0.3, -0.25) is 4.79 Å².